The molecule has 3 heterocycles. The monoisotopic (exact) mass is 383 g/mol. The molecule has 9 nitrogen and oxygen atoms in total. The van der Waals surface area contributed by atoms with Crippen molar-refractivity contribution in [2.24, 2.45) is 18.9 Å². The molecule has 0 saturated heterocycles. The lowest BCUT2D eigenvalue weighted by Crippen LogP contribution is -2.16. The number of anilines is 1. The highest BCUT2D eigenvalue weighted by Crippen LogP contribution is 2.39. The molecular weight excluding hydrogens is 362 g/mol. The standard InChI is InChI=1S/C19H21N5O4/c1-24-13(16-18(27-2)21-9-22-19(16)28-3)5-10-6-15(20-7-14(10)24)23-17(26)12-4-11(12)8-25/h5-7,9,11-12,25H,4,8H2,1-3H3,(H,20,23,26). The van der Waals surface area contributed by atoms with Crippen LogP contribution in [-0.2, 0) is 11.8 Å². The van der Waals surface area contributed by atoms with Crippen LogP contribution >= 0.6 is 0 Å². The van der Waals surface area contributed by atoms with Crippen LogP contribution in [0.4, 0.5) is 5.82 Å². The van der Waals surface area contributed by atoms with Crippen LogP contribution < -0.4 is 14.8 Å². The Morgan fingerprint density at radius 2 is 1.96 bits per heavy atom. The van der Waals surface area contributed by atoms with Gasteiger partial charge in [0.1, 0.15) is 17.7 Å². The fraction of sp³-hybridized carbons (Fsp3) is 0.368. The Labute approximate surface area is 161 Å². The molecule has 0 aliphatic heterocycles. The molecule has 2 unspecified atom stereocenters. The lowest BCUT2D eigenvalue weighted by molar-refractivity contribution is -0.117. The molecule has 0 radical (unpaired) electrons. The summed E-state index contributed by atoms with van der Waals surface area (Å²) in [7, 11) is 4.99. The second-order valence-electron chi connectivity index (χ2n) is 6.76. The van der Waals surface area contributed by atoms with Crippen LogP contribution in [0, 0.1) is 11.8 Å². The zero-order valence-corrected chi connectivity index (χ0v) is 15.8. The van der Waals surface area contributed by atoms with Crippen molar-refractivity contribution in [3.8, 4) is 23.0 Å². The lowest BCUT2D eigenvalue weighted by Gasteiger charge is -2.11. The number of amides is 1. The molecule has 2 N–H and O–H groups in total. The Morgan fingerprint density at radius 1 is 1.25 bits per heavy atom. The van der Waals surface area contributed by atoms with Crippen molar-refractivity contribution in [3.63, 3.8) is 0 Å². The largest absolute Gasteiger partial charge is 0.480 e. The van der Waals surface area contributed by atoms with E-state index in [9.17, 15) is 4.79 Å². The predicted octanol–water partition coefficient (Wildman–Crippen LogP) is 1.61. The van der Waals surface area contributed by atoms with Crippen LogP contribution in [0.1, 0.15) is 6.42 Å². The molecule has 1 fully saturated rings. The number of pyridine rings is 1. The van der Waals surface area contributed by atoms with E-state index in [1.165, 1.54) is 6.33 Å². The molecule has 3 aromatic heterocycles. The summed E-state index contributed by atoms with van der Waals surface area (Å²) < 4.78 is 12.7. The van der Waals surface area contributed by atoms with E-state index in [4.69, 9.17) is 14.6 Å². The highest BCUT2D eigenvalue weighted by molar-refractivity contribution is 5.96. The third-order valence-corrected chi connectivity index (χ3v) is 5.09. The van der Waals surface area contributed by atoms with Crippen molar-refractivity contribution in [1.29, 1.82) is 0 Å². The van der Waals surface area contributed by atoms with Gasteiger partial charge in [-0.25, -0.2) is 15.0 Å². The van der Waals surface area contributed by atoms with Gasteiger partial charge in [-0.15, -0.1) is 0 Å². The van der Waals surface area contributed by atoms with Gasteiger partial charge in [0.15, 0.2) is 0 Å². The number of carbonyl (C=O) groups is 1. The number of methoxy groups -OCH3 is 2. The summed E-state index contributed by atoms with van der Waals surface area (Å²) in [5, 5.41) is 12.9. The lowest BCUT2D eigenvalue weighted by atomic mass is 10.2. The number of hydrogen-bond donors (Lipinski definition) is 2. The molecule has 0 aromatic carbocycles. The predicted molar refractivity (Wildman–Crippen MR) is 102 cm³/mol. The normalized spacial score (nSPS) is 18.1. The van der Waals surface area contributed by atoms with Crippen molar-refractivity contribution in [2.75, 3.05) is 26.1 Å². The summed E-state index contributed by atoms with van der Waals surface area (Å²) in [4.78, 5) is 24.9. The van der Waals surface area contributed by atoms with E-state index in [0.717, 1.165) is 16.6 Å². The molecule has 146 valence electrons. The topological polar surface area (TPSA) is 111 Å². The van der Waals surface area contributed by atoms with Crippen molar-refractivity contribution in [2.45, 2.75) is 6.42 Å². The SMILES string of the molecule is COc1ncnc(OC)c1-c1cc2cc(NC(=O)C3CC3CO)ncc2n1C. The van der Waals surface area contributed by atoms with Gasteiger partial charge in [-0.2, -0.15) is 0 Å². The minimum absolute atomic E-state index is 0.0371. The Balaban J connectivity index is 1.71. The van der Waals surface area contributed by atoms with Gasteiger partial charge in [-0.1, -0.05) is 0 Å². The molecule has 0 bridgehead atoms. The highest BCUT2D eigenvalue weighted by atomic mass is 16.5. The first-order valence-electron chi connectivity index (χ1n) is 8.88. The van der Waals surface area contributed by atoms with Gasteiger partial charge in [0, 0.05) is 25.0 Å². The van der Waals surface area contributed by atoms with Crippen LogP contribution in [0.3, 0.4) is 0 Å². The smallest absolute Gasteiger partial charge is 0.229 e. The van der Waals surface area contributed by atoms with E-state index in [0.29, 0.717) is 29.6 Å². The zero-order valence-electron chi connectivity index (χ0n) is 15.8. The zero-order chi connectivity index (χ0) is 19.8. The number of aryl methyl sites for hydroxylation is 1. The van der Waals surface area contributed by atoms with Crippen LogP contribution in [0.2, 0.25) is 0 Å². The molecular formula is C19H21N5O4. The van der Waals surface area contributed by atoms with Crippen molar-refractivity contribution in [3.05, 3.63) is 24.7 Å². The Hall–Kier alpha value is -3.20. The number of aromatic nitrogens is 4. The number of hydrogen-bond acceptors (Lipinski definition) is 7. The van der Waals surface area contributed by atoms with E-state index >= 15 is 0 Å². The number of nitrogens with one attached hydrogen (secondary N) is 1. The summed E-state index contributed by atoms with van der Waals surface area (Å²) in [6, 6.07) is 3.76. The van der Waals surface area contributed by atoms with Gasteiger partial charge in [-0.05, 0) is 24.5 Å². The van der Waals surface area contributed by atoms with Crippen LogP contribution in [0.5, 0.6) is 11.8 Å². The molecule has 28 heavy (non-hydrogen) atoms. The van der Waals surface area contributed by atoms with E-state index in [2.05, 4.69) is 20.3 Å². The summed E-state index contributed by atoms with van der Waals surface area (Å²) in [6.07, 6.45) is 3.80. The molecule has 3 aromatic rings. The highest BCUT2D eigenvalue weighted by Gasteiger charge is 2.42. The summed E-state index contributed by atoms with van der Waals surface area (Å²) in [5.74, 6) is 1.10. The second kappa shape index (κ2) is 7.08. The second-order valence-corrected chi connectivity index (χ2v) is 6.76. The maximum atomic E-state index is 12.2. The van der Waals surface area contributed by atoms with Crippen molar-refractivity contribution >= 4 is 22.6 Å². The molecule has 1 saturated carbocycles. The van der Waals surface area contributed by atoms with Crippen LogP contribution in [0.15, 0.2) is 24.7 Å². The minimum atomic E-state index is -0.135. The first-order valence-corrected chi connectivity index (χ1v) is 8.88. The van der Waals surface area contributed by atoms with Gasteiger partial charge in [0.05, 0.1) is 31.6 Å². The van der Waals surface area contributed by atoms with E-state index in [-0.39, 0.29) is 24.3 Å². The number of rotatable bonds is 6. The van der Waals surface area contributed by atoms with Crippen molar-refractivity contribution in [1.82, 2.24) is 19.5 Å². The van der Waals surface area contributed by atoms with Crippen LogP contribution in [0.25, 0.3) is 22.2 Å². The van der Waals surface area contributed by atoms with E-state index in [1.54, 1.807) is 20.4 Å². The quantitative estimate of drug-likeness (QED) is 0.665. The molecule has 2 atom stereocenters. The van der Waals surface area contributed by atoms with Gasteiger partial charge < -0.3 is 24.5 Å². The van der Waals surface area contributed by atoms with Crippen LogP contribution in [-0.4, -0.2) is 51.4 Å². The Bertz CT molecular complexity index is 1030. The molecule has 9 heteroatoms. The van der Waals surface area contributed by atoms with Gasteiger partial charge in [-0.3, -0.25) is 4.79 Å². The third-order valence-electron chi connectivity index (χ3n) is 5.09. The minimum Gasteiger partial charge on any atom is -0.480 e. The van der Waals surface area contributed by atoms with Gasteiger partial charge in [0.2, 0.25) is 17.7 Å². The Kier molecular flexibility index (Phi) is 4.60. The molecule has 4 rings (SSSR count). The number of aliphatic hydroxyl groups is 1. The van der Waals surface area contributed by atoms with Gasteiger partial charge >= 0.3 is 0 Å². The number of aliphatic hydroxyl groups excluding tert-OH is 1. The fourth-order valence-corrected chi connectivity index (χ4v) is 3.41. The number of fused-ring (bicyclic) bond motifs is 1. The molecule has 0 spiro atoms. The van der Waals surface area contributed by atoms with Crippen molar-refractivity contribution < 1.29 is 19.4 Å². The number of nitrogens with zero attached hydrogens (tertiary/aromatic N) is 4. The maximum Gasteiger partial charge on any atom is 0.229 e. The molecule has 1 amide bonds. The van der Waals surface area contributed by atoms with E-state index < -0.39 is 0 Å². The summed E-state index contributed by atoms with van der Waals surface area (Å²) >= 11 is 0. The Morgan fingerprint density at radius 3 is 2.57 bits per heavy atom. The molecule has 1 aliphatic rings. The number of ether oxygens (including phenoxy) is 2. The number of carbonyl (C=O) groups excluding carboxylic acids is 1. The molecule has 1 aliphatic carbocycles. The first kappa shape index (κ1) is 18.2. The summed E-state index contributed by atoms with van der Waals surface area (Å²) in [5.41, 5.74) is 2.32. The van der Waals surface area contributed by atoms with E-state index in [1.807, 2.05) is 23.7 Å². The summed E-state index contributed by atoms with van der Waals surface area (Å²) in [6.45, 7) is 0.0371. The van der Waals surface area contributed by atoms with Gasteiger partial charge in [0.25, 0.3) is 0 Å². The third kappa shape index (κ3) is 3.03. The maximum absolute atomic E-state index is 12.2. The fourth-order valence-electron chi connectivity index (χ4n) is 3.41. The average molecular weight is 383 g/mol. The first-order chi connectivity index (χ1) is 13.6. The average Bonchev–Trinajstić information content (AvgIpc) is 3.45.